The molecule has 25 heavy (non-hydrogen) atoms. The molecule has 134 valence electrons. The first kappa shape index (κ1) is 16.7. The molecule has 1 aromatic carbocycles. The van der Waals surface area contributed by atoms with Gasteiger partial charge in [0.25, 0.3) is 0 Å². The van der Waals surface area contributed by atoms with Crippen molar-refractivity contribution in [3.8, 4) is 5.69 Å². The molecular weight excluding hydrogens is 321 g/mol. The summed E-state index contributed by atoms with van der Waals surface area (Å²) >= 11 is 0. The van der Waals surface area contributed by atoms with Gasteiger partial charge in [0.2, 0.25) is 0 Å². The number of nitrogens with zero attached hydrogens (tertiary/aromatic N) is 3. The summed E-state index contributed by atoms with van der Waals surface area (Å²) in [7, 11) is 0. The van der Waals surface area contributed by atoms with Crippen LogP contribution < -0.4 is 0 Å². The maximum absolute atomic E-state index is 13.9. The third kappa shape index (κ3) is 3.47. The second kappa shape index (κ2) is 7.23. The molecule has 0 unspecified atom stereocenters. The lowest BCUT2D eigenvalue weighted by Gasteiger charge is -2.36. The normalized spacial score (nSPS) is 27.7. The lowest BCUT2D eigenvalue weighted by Crippen LogP contribution is -2.45. The Bertz CT molecular complexity index is 720. The highest BCUT2D eigenvalue weighted by atomic mass is 19.1. The highest BCUT2D eigenvalue weighted by Crippen LogP contribution is 2.30. The molecule has 3 heterocycles. The zero-order valence-electron chi connectivity index (χ0n) is 14.2. The van der Waals surface area contributed by atoms with E-state index in [0.29, 0.717) is 24.9 Å². The predicted octanol–water partition coefficient (Wildman–Crippen LogP) is 2.37. The molecular formula is C19H24FN3O2. The summed E-state index contributed by atoms with van der Waals surface area (Å²) in [6, 6.07) is 8.92. The number of halogens is 1. The average Bonchev–Trinajstić information content (AvgIpc) is 3.26. The van der Waals surface area contributed by atoms with Gasteiger partial charge in [0.1, 0.15) is 11.5 Å². The van der Waals surface area contributed by atoms with Crippen molar-refractivity contribution in [1.82, 2.24) is 14.7 Å². The third-order valence-electron chi connectivity index (χ3n) is 5.38. The second-order valence-electron chi connectivity index (χ2n) is 6.98. The zero-order valence-corrected chi connectivity index (χ0v) is 14.2. The monoisotopic (exact) mass is 345 g/mol. The van der Waals surface area contributed by atoms with Gasteiger partial charge in [-0.3, -0.25) is 4.90 Å². The van der Waals surface area contributed by atoms with Gasteiger partial charge < -0.3 is 9.84 Å². The van der Waals surface area contributed by atoms with Crippen molar-refractivity contribution in [1.29, 1.82) is 0 Å². The van der Waals surface area contributed by atoms with Crippen LogP contribution in [0.5, 0.6) is 0 Å². The maximum atomic E-state index is 13.9. The van der Waals surface area contributed by atoms with Gasteiger partial charge in [0.05, 0.1) is 18.4 Å². The van der Waals surface area contributed by atoms with E-state index < -0.39 is 0 Å². The van der Waals surface area contributed by atoms with E-state index in [1.165, 1.54) is 6.07 Å². The Labute approximate surface area is 147 Å². The topological polar surface area (TPSA) is 50.5 Å². The minimum atomic E-state index is -0.282. The molecule has 6 heteroatoms. The Hall–Kier alpha value is -1.76. The van der Waals surface area contributed by atoms with Crippen molar-refractivity contribution >= 4 is 0 Å². The van der Waals surface area contributed by atoms with Crippen LogP contribution in [0.1, 0.15) is 25.0 Å². The highest BCUT2D eigenvalue weighted by molar-refractivity contribution is 5.32. The van der Waals surface area contributed by atoms with Gasteiger partial charge in [0.15, 0.2) is 0 Å². The van der Waals surface area contributed by atoms with Crippen LogP contribution in [-0.2, 0) is 11.3 Å². The fourth-order valence-corrected chi connectivity index (χ4v) is 4.08. The summed E-state index contributed by atoms with van der Waals surface area (Å²) in [5.74, 6) is -0.108. The molecule has 0 spiro atoms. The number of benzene rings is 1. The number of aromatic nitrogens is 2. The molecule has 1 N–H and O–H groups in total. The molecule has 1 aromatic heterocycles. The van der Waals surface area contributed by atoms with Gasteiger partial charge in [-0.25, -0.2) is 9.07 Å². The summed E-state index contributed by atoms with van der Waals surface area (Å²) < 4.78 is 21.1. The SMILES string of the molecule is O[C@@H]1CCOC[C@@H]1[C@@H]1CCCN1Cc1ccn(-c2ccccc2F)n1. The lowest BCUT2D eigenvalue weighted by atomic mass is 9.89. The number of hydrogen-bond acceptors (Lipinski definition) is 4. The first-order valence-corrected chi connectivity index (χ1v) is 9.01. The molecule has 2 fully saturated rings. The van der Waals surface area contributed by atoms with E-state index in [0.717, 1.165) is 38.0 Å². The van der Waals surface area contributed by atoms with E-state index in [2.05, 4.69) is 10.00 Å². The van der Waals surface area contributed by atoms with Crippen molar-refractivity contribution in [2.24, 2.45) is 5.92 Å². The maximum Gasteiger partial charge on any atom is 0.148 e. The number of ether oxygens (including phenoxy) is 1. The minimum Gasteiger partial charge on any atom is -0.393 e. The lowest BCUT2D eigenvalue weighted by molar-refractivity contribution is -0.0637. The molecule has 3 atom stereocenters. The summed E-state index contributed by atoms with van der Waals surface area (Å²) in [5.41, 5.74) is 1.38. The van der Waals surface area contributed by atoms with Crippen molar-refractivity contribution < 1.29 is 14.2 Å². The Morgan fingerprint density at radius 2 is 2.12 bits per heavy atom. The first-order valence-electron chi connectivity index (χ1n) is 9.01. The Morgan fingerprint density at radius 3 is 2.96 bits per heavy atom. The number of aliphatic hydroxyl groups excluding tert-OH is 1. The number of para-hydroxylation sites is 1. The third-order valence-corrected chi connectivity index (χ3v) is 5.38. The van der Waals surface area contributed by atoms with Crippen LogP contribution in [0.25, 0.3) is 5.69 Å². The van der Waals surface area contributed by atoms with Gasteiger partial charge in [0, 0.05) is 31.3 Å². The van der Waals surface area contributed by atoms with Crippen molar-refractivity contribution in [2.75, 3.05) is 19.8 Å². The Balaban J connectivity index is 1.47. The van der Waals surface area contributed by atoms with E-state index in [-0.39, 0.29) is 17.8 Å². The quantitative estimate of drug-likeness (QED) is 0.924. The molecule has 2 aliphatic heterocycles. The molecule has 0 amide bonds. The van der Waals surface area contributed by atoms with Gasteiger partial charge >= 0.3 is 0 Å². The molecule has 2 saturated heterocycles. The standard InChI is InChI=1S/C19H24FN3O2/c20-16-4-1-2-5-18(16)23-10-7-14(21-23)12-22-9-3-6-17(22)15-13-25-11-8-19(15)24/h1-2,4-5,7,10,15,17,19,24H,3,6,8-9,11-13H2/t15-,17+,19-/m1/s1. The van der Waals surface area contributed by atoms with Gasteiger partial charge in [-0.15, -0.1) is 0 Å². The highest BCUT2D eigenvalue weighted by Gasteiger charge is 2.37. The van der Waals surface area contributed by atoms with Crippen LogP contribution in [0.4, 0.5) is 4.39 Å². The van der Waals surface area contributed by atoms with Crippen molar-refractivity contribution in [2.45, 2.75) is 38.0 Å². The molecule has 0 saturated carbocycles. The first-order chi connectivity index (χ1) is 12.2. The van der Waals surface area contributed by atoms with E-state index >= 15 is 0 Å². The zero-order chi connectivity index (χ0) is 17.2. The fraction of sp³-hybridized carbons (Fsp3) is 0.526. The molecule has 0 radical (unpaired) electrons. The van der Waals surface area contributed by atoms with Gasteiger partial charge in [-0.1, -0.05) is 12.1 Å². The van der Waals surface area contributed by atoms with Crippen LogP contribution in [0.15, 0.2) is 36.5 Å². The van der Waals surface area contributed by atoms with Gasteiger partial charge in [-0.2, -0.15) is 5.10 Å². The van der Waals surface area contributed by atoms with Crippen molar-refractivity contribution in [3.05, 3.63) is 48.0 Å². The number of hydrogen-bond donors (Lipinski definition) is 1. The molecule has 4 rings (SSSR count). The Morgan fingerprint density at radius 1 is 1.24 bits per heavy atom. The minimum absolute atomic E-state index is 0.171. The predicted molar refractivity (Wildman–Crippen MR) is 91.9 cm³/mol. The molecule has 2 aromatic rings. The van der Waals surface area contributed by atoms with Crippen molar-refractivity contribution in [3.63, 3.8) is 0 Å². The average molecular weight is 345 g/mol. The van der Waals surface area contributed by atoms with E-state index in [1.54, 1.807) is 29.1 Å². The fourth-order valence-electron chi connectivity index (χ4n) is 4.08. The smallest absolute Gasteiger partial charge is 0.148 e. The number of aliphatic hydroxyl groups is 1. The number of likely N-dealkylation sites (tertiary alicyclic amines) is 1. The molecule has 0 bridgehead atoms. The summed E-state index contributed by atoms with van der Waals surface area (Å²) in [5, 5.41) is 14.9. The van der Waals surface area contributed by atoms with E-state index in [9.17, 15) is 9.50 Å². The van der Waals surface area contributed by atoms with Crippen LogP contribution in [0.3, 0.4) is 0 Å². The molecule has 2 aliphatic rings. The largest absolute Gasteiger partial charge is 0.393 e. The summed E-state index contributed by atoms with van der Waals surface area (Å²) in [6.07, 6.45) is 4.45. The van der Waals surface area contributed by atoms with Crippen LogP contribution in [0.2, 0.25) is 0 Å². The van der Waals surface area contributed by atoms with Crippen LogP contribution in [0, 0.1) is 11.7 Å². The van der Waals surface area contributed by atoms with Crippen LogP contribution in [-0.4, -0.2) is 51.7 Å². The van der Waals surface area contributed by atoms with Crippen LogP contribution >= 0.6 is 0 Å². The van der Waals surface area contributed by atoms with Gasteiger partial charge in [-0.05, 0) is 44.0 Å². The Kier molecular flexibility index (Phi) is 4.83. The number of rotatable bonds is 4. The molecule has 5 nitrogen and oxygen atoms in total. The van der Waals surface area contributed by atoms with E-state index in [4.69, 9.17) is 4.74 Å². The summed E-state index contributed by atoms with van der Waals surface area (Å²) in [4.78, 5) is 2.39. The second-order valence-corrected chi connectivity index (χ2v) is 6.98. The van der Waals surface area contributed by atoms with E-state index in [1.807, 2.05) is 6.07 Å². The molecule has 0 aliphatic carbocycles. The summed E-state index contributed by atoms with van der Waals surface area (Å²) in [6.45, 7) is 3.00.